The molecule has 1 unspecified atom stereocenters. The number of hydrogen-bond donors (Lipinski definition) is 3. The lowest BCUT2D eigenvalue weighted by molar-refractivity contribution is -0.165. The molecule has 34 heavy (non-hydrogen) atoms. The Morgan fingerprint density at radius 3 is 2.44 bits per heavy atom. The van der Waals surface area contributed by atoms with Crippen LogP contribution in [0.15, 0.2) is 42.5 Å². The molecule has 0 radical (unpaired) electrons. The van der Waals surface area contributed by atoms with Gasteiger partial charge in [-0.3, -0.25) is 9.59 Å². The normalized spacial score (nSPS) is 15.1. The summed E-state index contributed by atoms with van der Waals surface area (Å²) in [6, 6.07) is 8.82. The highest BCUT2D eigenvalue weighted by atomic mass is 16.6. The van der Waals surface area contributed by atoms with Crippen LogP contribution in [-0.4, -0.2) is 47.9 Å². The van der Waals surface area contributed by atoms with Crippen molar-refractivity contribution in [2.75, 3.05) is 13.2 Å². The van der Waals surface area contributed by atoms with Gasteiger partial charge >= 0.3 is 5.97 Å². The number of aliphatic hydroxyl groups excluding tert-OH is 1. The van der Waals surface area contributed by atoms with Gasteiger partial charge in [-0.15, -0.1) is 0 Å². The quantitative estimate of drug-likeness (QED) is 0.202. The van der Waals surface area contributed by atoms with Crippen molar-refractivity contribution in [3.63, 3.8) is 0 Å². The molecular formula is C27H44N2O5. The number of nitrogens with two attached hydrogens (primary N) is 1. The van der Waals surface area contributed by atoms with Gasteiger partial charge in [0.15, 0.2) is 0 Å². The third-order valence-electron chi connectivity index (χ3n) is 5.52. The number of aliphatic hydroxyl groups is 1. The van der Waals surface area contributed by atoms with Crippen molar-refractivity contribution < 1.29 is 24.2 Å². The summed E-state index contributed by atoms with van der Waals surface area (Å²) in [6.07, 6.45) is 1.53. The Morgan fingerprint density at radius 2 is 1.85 bits per heavy atom. The Balaban J connectivity index is 2.75. The molecule has 0 aliphatic rings. The third kappa shape index (κ3) is 11.3. The van der Waals surface area contributed by atoms with Gasteiger partial charge in [0, 0.05) is 18.7 Å². The molecule has 1 aromatic carbocycles. The zero-order valence-electron chi connectivity index (χ0n) is 21.5. The molecule has 1 aromatic rings. The van der Waals surface area contributed by atoms with E-state index >= 15 is 0 Å². The average Bonchev–Trinajstić information content (AvgIpc) is 2.78. The maximum Gasteiger partial charge on any atom is 0.312 e. The minimum absolute atomic E-state index is 0.0519. The second-order valence-electron chi connectivity index (χ2n) is 9.96. The first-order valence-electron chi connectivity index (χ1n) is 12.2. The summed E-state index contributed by atoms with van der Waals surface area (Å²) < 4.78 is 11.3. The van der Waals surface area contributed by atoms with Gasteiger partial charge in [0.1, 0.15) is 5.60 Å². The Labute approximate surface area is 205 Å². The van der Waals surface area contributed by atoms with Crippen LogP contribution in [0.1, 0.15) is 65.9 Å². The van der Waals surface area contributed by atoms with Crippen molar-refractivity contribution in [2.24, 2.45) is 17.6 Å². The number of hydrogen-bond acceptors (Lipinski definition) is 6. The lowest BCUT2D eigenvalue weighted by Crippen LogP contribution is -2.49. The van der Waals surface area contributed by atoms with Crippen molar-refractivity contribution in [1.29, 1.82) is 0 Å². The van der Waals surface area contributed by atoms with Crippen LogP contribution < -0.4 is 11.1 Å². The first-order chi connectivity index (χ1) is 16.0. The fourth-order valence-corrected chi connectivity index (χ4v) is 3.45. The van der Waals surface area contributed by atoms with E-state index in [-0.39, 0.29) is 11.5 Å². The zero-order valence-corrected chi connectivity index (χ0v) is 21.5. The van der Waals surface area contributed by atoms with E-state index in [1.807, 2.05) is 44.2 Å². The number of carbonyl (C=O) groups is 2. The molecule has 4 N–H and O–H groups in total. The molecule has 7 heteroatoms. The monoisotopic (exact) mass is 476 g/mol. The minimum Gasteiger partial charge on any atom is -0.460 e. The van der Waals surface area contributed by atoms with Crippen LogP contribution in [0.2, 0.25) is 0 Å². The van der Waals surface area contributed by atoms with E-state index in [0.717, 1.165) is 18.4 Å². The Morgan fingerprint density at radius 1 is 1.21 bits per heavy atom. The van der Waals surface area contributed by atoms with Gasteiger partial charge in [-0.25, -0.2) is 0 Å². The van der Waals surface area contributed by atoms with E-state index in [2.05, 4.69) is 11.9 Å². The molecule has 0 saturated heterocycles. The molecule has 0 aliphatic carbocycles. The van der Waals surface area contributed by atoms with Gasteiger partial charge in [0.05, 0.1) is 24.7 Å². The summed E-state index contributed by atoms with van der Waals surface area (Å²) in [5, 5.41) is 13.8. The lowest BCUT2D eigenvalue weighted by atomic mass is 9.84. The van der Waals surface area contributed by atoms with Gasteiger partial charge in [-0.2, -0.15) is 0 Å². The van der Waals surface area contributed by atoms with E-state index in [1.165, 1.54) is 0 Å². The van der Waals surface area contributed by atoms with E-state index in [1.54, 1.807) is 20.8 Å². The molecule has 0 aliphatic heterocycles. The number of rotatable bonds is 15. The number of amides is 1. The van der Waals surface area contributed by atoms with Crippen LogP contribution in [0.3, 0.4) is 0 Å². The number of ether oxygens (including phenoxy) is 2. The molecule has 1 amide bonds. The fourth-order valence-electron chi connectivity index (χ4n) is 3.45. The van der Waals surface area contributed by atoms with Crippen molar-refractivity contribution in [3.8, 4) is 0 Å². The molecule has 0 spiro atoms. The Bertz CT molecular complexity index is 760. The van der Waals surface area contributed by atoms with Gasteiger partial charge in [-0.1, -0.05) is 57.2 Å². The molecule has 0 bridgehead atoms. The van der Waals surface area contributed by atoms with E-state index in [0.29, 0.717) is 32.6 Å². The minimum atomic E-state index is -1.30. The standard InChI is InChI=1S/C27H44N2O5/c1-7-8-15-29-25(31)20(3)23(28)24(30)22(26(32)34-27(4,5)6)17-19(2)14-16-33-18-21-12-10-9-11-13-21/h9-13,19,22-24,30H,3,7-8,14-18,28H2,1-2,4-6H3,(H,29,31)/t19-,22-,23?,24-/m0/s1. The molecule has 192 valence electrons. The van der Waals surface area contributed by atoms with Crippen LogP contribution in [0.4, 0.5) is 0 Å². The molecule has 0 aromatic heterocycles. The molecule has 1 rings (SSSR count). The van der Waals surface area contributed by atoms with E-state index in [9.17, 15) is 14.7 Å². The molecule has 0 saturated carbocycles. The summed E-state index contributed by atoms with van der Waals surface area (Å²) in [6.45, 7) is 14.7. The number of unbranched alkanes of at least 4 members (excludes halogenated alkanes) is 1. The maximum absolute atomic E-state index is 13.0. The summed E-state index contributed by atoms with van der Waals surface area (Å²) in [5.74, 6) is -1.78. The summed E-state index contributed by atoms with van der Waals surface area (Å²) in [7, 11) is 0. The van der Waals surface area contributed by atoms with Crippen molar-refractivity contribution >= 4 is 11.9 Å². The van der Waals surface area contributed by atoms with E-state index in [4.69, 9.17) is 15.2 Å². The number of benzene rings is 1. The van der Waals surface area contributed by atoms with Gasteiger partial charge in [0.2, 0.25) is 5.91 Å². The highest BCUT2D eigenvalue weighted by Crippen LogP contribution is 2.25. The predicted octanol–water partition coefficient (Wildman–Crippen LogP) is 3.74. The SMILES string of the molecule is C=C(C(=O)NCCCC)C(N)[C@@H](O)[C@H](C[C@@H](C)CCOCc1ccccc1)C(=O)OC(C)(C)C. The smallest absolute Gasteiger partial charge is 0.312 e. The number of carbonyl (C=O) groups excluding carboxylic acids is 2. The first kappa shape index (κ1) is 29.8. The molecule has 7 nitrogen and oxygen atoms in total. The second kappa shape index (κ2) is 14.9. The first-order valence-corrected chi connectivity index (χ1v) is 12.2. The topological polar surface area (TPSA) is 111 Å². The molecule has 0 heterocycles. The maximum atomic E-state index is 13.0. The highest BCUT2D eigenvalue weighted by Gasteiger charge is 2.37. The fraction of sp³-hybridized carbons (Fsp3) is 0.630. The average molecular weight is 477 g/mol. The lowest BCUT2D eigenvalue weighted by Gasteiger charge is -2.31. The Hall–Kier alpha value is -2.22. The zero-order chi connectivity index (χ0) is 25.7. The molecule has 0 fully saturated rings. The summed E-state index contributed by atoms with van der Waals surface area (Å²) >= 11 is 0. The third-order valence-corrected chi connectivity index (χ3v) is 5.52. The highest BCUT2D eigenvalue weighted by molar-refractivity contribution is 5.94. The van der Waals surface area contributed by atoms with Crippen molar-refractivity contribution in [2.45, 2.75) is 84.7 Å². The van der Waals surface area contributed by atoms with Gasteiger partial charge < -0.3 is 25.6 Å². The van der Waals surface area contributed by atoms with Gasteiger partial charge in [-0.05, 0) is 51.5 Å². The van der Waals surface area contributed by atoms with E-state index < -0.39 is 35.5 Å². The van der Waals surface area contributed by atoms with Crippen molar-refractivity contribution in [3.05, 3.63) is 48.0 Å². The molecular weight excluding hydrogens is 432 g/mol. The second-order valence-corrected chi connectivity index (χ2v) is 9.96. The largest absolute Gasteiger partial charge is 0.460 e. The molecule has 4 atom stereocenters. The van der Waals surface area contributed by atoms with Crippen LogP contribution in [-0.2, 0) is 25.7 Å². The van der Waals surface area contributed by atoms with Crippen LogP contribution >= 0.6 is 0 Å². The number of nitrogens with one attached hydrogen (secondary N) is 1. The van der Waals surface area contributed by atoms with Crippen LogP contribution in [0.5, 0.6) is 0 Å². The van der Waals surface area contributed by atoms with Crippen molar-refractivity contribution in [1.82, 2.24) is 5.32 Å². The van der Waals surface area contributed by atoms with Crippen LogP contribution in [0.25, 0.3) is 0 Å². The Kier molecular flexibility index (Phi) is 13.1. The summed E-state index contributed by atoms with van der Waals surface area (Å²) in [5.41, 5.74) is 6.62. The summed E-state index contributed by atoms with van der Waals surface area (Å²) in [4.78, 5) is 25.3. The number of esters is 1. The predicted molar refractivity (Wildman–Crippen MR) is 135 cm³/mol. The van der Waals surface area contributed by atoms with Gasteiger partial charge in [0.25, 0.3) is 0 Å². The van der Waals surface area contributed by atoms with Crippen LogP contribution in [0, 0.1) is 11.8 Å².